The summed E-state index contributed by atoms with van der Waals surface area (Å²) in [6.07, 6.45) is 5.43. The zero-order chi connectivity index (χ0) is 13.2. The van der Waals surface area contributed by atoms with E-state index >= 15 is 0 Å². The SMILES string of the molecule is CCOc1cccc(-c2nc(Br)c3cnccn23)c1. The summed E-state index contributed by atoms with van der Waals surface area (Å²) < 4.78 is 8.32. The van der Waals surface area contributed by atoms with E-state index in [-0.39, 0.29) is 0 Å². The van der Waals surface area contributed by atoms with E-state index in [9.17, 15) is 0 Å². The molecule has 96 valence electrons. The third kappa shape index (κ3) is 2.21. The Morgan fingerprint density at radius 3 is 3.11 bits per heavy atom. The molecule has 5 heteroatoms. The highest BCUT2D eigenvalue weighted by atomic mass is 79.9. The lowest BCUT2D eigenvalue weighted by Crippen LogP contribution is -1.93. The summed E-state index contributed by atoms with van der Waals surface area (Å²) in [6, 6.07) is 7.92. The average molecular weight is 318 g/mol. The zero-order valence-corrected chi connectivity index (χ0v) is 12.0. The van der Waals surface area contributed by atoms with Crippen LogP contribution < -0.4 is 4.74 Å². The third-order valence-corrected chi connectivity index (χ3v) is 3.39. The van der Waals surface area contributed by atoms with Crippen molar-refractivity contribution in [3.05, 3.63) is 47.5 Å². The third-order valence-electron chi connectivity index (χ3n) is 2.81. The molecule has 0 saturated carbocycles. The summed E-state index contributed by atoms with van der Waals surface area (Å²) in [6.45, 7) is 2.62. The van der Waals surface area contributed by atoms with Crippen LogP contribution in [-0.4, -0.2) is 21.0 Å². The van der Waals surface area contributed by atoms with Gasteiger partial charge in [-0.25, -0.2) is 4.98 Å². The van der Waals surface area contributed by atoms with Crippen LogP contribution in [0, 0.1) is 0 Å². The first-order valence-electron chi connectivity index (χ1n) is 6.00. The van der Waals surface area contributed by atoms with Gasteiger partial charge in [-0.2, -0.15) is 0 Å². The lowest BCUT2D eigenvalue weighted by atomic mass is 10.2. The van der Waals surface area contributed by atoms with Gasteiger partial charge in [0.15, 0.2) is 0 Å². The molecule has 1 aromatic carbocycles. The molecule has 0 radical (unpaired) electrons. The Balaban J connectivity index is 2.16. The van der Waals surface area contributed by atoms with E-state index < -0.39 is 0 Å². The Morgan fingerprint density at radius 2 is 2.26 bits per heavy atom. The van der Waals surface area contributed by atoms with Gasteiger partial charge >= 0.3 is 0 Å². The zero-order valence-electron chi connectivity index (χ0n) is 10.4. The molecule has 0 spiro atoms. The minimum atomic E-state index is 0.652. The lowest BCUT2D eigenvalue weighted by Gasteiger charge is -2.05. The van der Waals surface area contributed by atoms with Gasteiger partial charge in [0.1, 0.15) is 16.2 Å². The Morgan fingerprint density at radius 1 is 1.37 bits per heavy atom. The molecule has 0 amide bonds. The lowest BCUT2D eigenvalue weighted by molar-refractivity contribution is 0.340. The van der Waals surface area contributed by atoms with Crippen LogP contribution in [0.25, 0.3) is 16.9 Å². The number of rotatable bonds is 3. The molecule has 0 bridgehead atoms. The topological polar surface area (TPSA) is 39.4 Å². The molecular weight excluding hydrogens is 306 g/mol. The van der Waals surface area contributed by atoms with Gasteiger partial charge in [-0.3, -0.25) is 9.38 Å². The van der Waals surface area contributed by atoms with Crippen molar-refractivity contribution in [1.29, 1.82) is 0 Å². The van der Waals surface area contributed by atoms with Crippen molar-refractivity contribution < 1.29 is 4.74 Å². The highest BCUT2D eigenvalue weighted by Gasteiger charge is 2.11. The van der Waals surface area contributed by atoms with E-state index in [1.807, 2.05) is 41.8 Å². The molecule has 2 aromatic heterocycles. The van der Waals surface area contributed by atoms with E-state index in [2.05, 4.69) is 25.9 Å². The van der Waals surface area contributed by atoms with Gasteiger partial charge in [0.2, 0.25) is 0 Å². The van der Waals surface area contributed by atoms with Crippen LogP contribution in [0.3, 0.4) is 0 Å². The number of hydrogen-bond acceptors (Lipinski definition) is 3. The van der Waals surface area contributed by atoms with Crippen molar-refractivity contribution in [2.75, 3.05) is 6.61 Å². The summed E-state index contributed by atoms with van der Waals surface area (Å²) >= 11 is 3.46. The highest BCUT2D eigenvalue weighted by molar-refractivity contribution is 9.10. The first-order valence-corrected chi connectivity index (χ1v) is 6.79. The van der Waals surface area contributed by atoms with Gasteiger partial charge in [0.05, 0.1) is 18.3 Å². The maximum absolute atomic E-state index is 5.53. The molecule has 0 N–H and O–H groups in total. The number of fused-ring (bicyclic) bond motifs is 1. The second kappa shape index (κ2) is 5.01. The van der Waals surface area contributed by atoms with E-state index in [0.717, 1.165) is 27.3 Å². The van der Waals surface area contributed by atoms with E-state index in [4.69, 9.17) is 4.74 Å². The Labute approximate surface area is 119 Å². The van der Waals surface area contributed by atoms with Crippen molar-refractivity contribution in [2.45, 2.75) is 6.92 Å². The number of nitrogens with zero attached hydrogens (tertiary/aromatic N) is 3. The van der Waals surface area contributed by atoms with Gasteiger partial charge in [-0.05, 0) is 35.0 Å². The smallest absolute Gasteiger partial charge is 0.146 e. The Hall–Kier alpha value is -1.88. The summed E-state index contributed by atoms with van der Waals surface area (Å²) in [5, 5.41) is 0. The first kappa shape index (κ1) is 12.2. The fraction of sp³-hybridized carbons (Fsp3) is 0.143. The molecule has 0 fully saturated rings. The molecule has 0 aliphatic rings. The summed E-state index contributed by atoms with van der Waals surface area (Å²) in [5.41, 5.74) is 1.96. The molecule has 0 aliphatic heterocycles. The quantitative estimate of drug-likeness (QED) is 0.741. The number of benzene rings is 1. The number of ether oxygens (including phenoxy) is 1. The maximum Gasteiger partial charge on any atom is 0.146 e. The summed E-state index contributed by atoms with van der Waals surface area (Å²) in [4.78, 5) is 8.66. The van der Waals surface area contributed by atoms with Gasteiger partial charge in [-0.15, -0.1) is 0 Å². The second-order valence-corrected chi connectivity index (χ2v) is 4.77. The normalized spacial score (nSPS) is 10.8. The molecular formula is C14H12BrN3O. The van der Waals surface area contributed by atoms with Crippen LogP contribution in [0.15, 0.2) is 47.5 Å². The molecule has 0 unspecified atom stereocenters. The maximum atomic E-state index is 5.53. The summed E-state index contributed by atoms with van der Waals surface area (Å²) in [5.74, 6) is 1.72. The van der Waals surface area contributed by atoms with Gasteiger partial charge < -0.3 is 4.74 Å². The molecule has 0 aliphatic carbocycles. The Kier molecular flexibility index (Phi) is 3.21. The standard InChI is InChI=1S/C14H12BrN3O/c1-2-19-11-5-3-4-10(8-11)14-17-13(15)12-9-16-6-7-18(12)14/h3-9H,2H2,1H3. The highest BCUT2D eigenvalue weighted by Crippen LogP contribution is 2.27. The molecule has 0 atom stereocenters. The number of imidazole rings is 1. The predicted molar refractivity (Wildman–Crippen MR) is 77.3 cm³/mol. The fourth-order valence-electron chi connectivity index (χ4n) is 2.00. The van der Waals surface area contributed by atoms with Crippen molar-refractivity contribution in [3.8, 4) is 17.1 Å². The second-order valence-electron chi connectivity index (χ2n) is 4.02. The molecule has 19 heavy (non-hydrogen) atoms. The minimum Gasteiger partial charge on any atom is -0.494 e. The molecule has 0 saturated heterocycles. The van der Waals surface area contributed by atoms with Crippen molar-refractivity contribution >= 4 is 21.4 Å². The van der Waals surface area contributed by atoms with Crippen LogP contribution in [-0.2, 0) is 0 Å². The van der Waals surface area contributed by atoms with Crippen molar-refractivity contribution in [3.63, 3.8) is 0 Å². The average Bonchev–Trinajstić information content (AvgIpc) is 2.78. The number of hydrogen-bond donors (Lipinski definition) is 0. The van der Waals surface area contributed by atoms with E-state index in [0.29, 0.717) is 6.61 Å². The van der Waals surface area contributed by atoms with E-state index in [1.165, 1.54) is 0 Å². The summed E-state index contributed by atoms with van der Waals surface area (Å²) in [7, 11) is 0. The van der Waals surface area contributed by atoms with Crippen LogP contribution in [0.4, 0.5) is 0 Å². The predicted octanol–water partition coefficient (Wildman–Crippen LogP) is 3.56. The van der Waals surface area contributed by atoms with Gasteiger partial charge in [-0.1, -0.05) is 12.1 Å². The molecule has 3 aromatic rings. The van der Waals surface area contributed by atoms with Gasteiger partial charge in [0, 0.05) is 18.0 Å². The number of aromatic nitrogens is 3. The largest absolute Gasteiger partial charge is 0.494 e. The van der Waals surface area contributed by atoms with Crippen molar-refractivity contribution in [2.24, 2.45) is 0 Å². The number of halogens is 1. The van der Waals surface area contributed by atoms with Crippen LogP contribution in [0.5, 0.6) is 5.75 Å². The monoisotopic (exact) mass is 317 g/mol. The molecule has 3 rings (SSSR count). The molecule has 4 nitrogen and oxygen atoms in total. The fourth-order valence-corrected chi connectivity index (χ4v) is 2.46. The molecule has 2 heterocycles. The minimum absolute atomic E-state index is 0.652. The first-order chi connectivity index (χ1) is 9.29. The van der Waals surface area contributed by atoms with Crippen LogP contribution >= 0.6 is 15.9 Å². The Bertz CT molecular complexity index is 724. The van der Waals surface area contributed by atoms with E-state index in [1.54, 1.807) is 12.4 Å². The van der Waals surface area contributed by atoms with Crippen LogP contribution in [0.1, 0.15) is 6.92 Å². The van der Waals surface area contributed by atoms with Crippen LogP contribution in [0.2, 0.25) is 0 Å². The van der Waals surface area contributed by atoms with Crippen molar-refractivity contribution in [1.82, 2.24) is 14.4 Å². The van der Waals surface area contributed by atoms with Gasteiger partial charge in [0.25, 0.3) is 0 Å².